The van der Waals surface area contributed by atoms with Crippen molar-refractivity contribution in [3.05, 3.63) is 35.4 Å². The molecule has 2 unspecified atom stereocenters. The van der Waals surface area contributed by atoms with Crippen molar-refractivity contribution in [1.29, 1.82) is 0 Å². The van der Waals surface area contributed by atoms with Crippen LogP contribution in [-0.2, 0) is 11.2 Å². The highest BCUT2D eigenvalue weighted by molar-refractivity contribution is 5.80. The fourth-order valence-electron chi connectivity index (χ4n) is 3.35. The van der Waals surface area contributed by atoms with E-state index in [-0.39, 0.29) is 18.0 Å². The standard InChI is InChI=1S/C17H23N9O/c1-10-5-6-13-15(11(10)2)22-14(21-13)4-3-7-18-17(27)12-8-19-23-16(12)26-9-20-24-25-26/h5-6,9,12,16,19,23H,3-4,7-8H2,1-2H3,(H,18,27)(H,21,22). The molecule has 3 aromatic rings. The number of H-pyrrole nitrogens is 1. The zero-order valence-corrected chi connectivity index (χ0v) is 15.4. The van der Waals surface area contributed by atoms with Crippen LogP contribution in [0.15, 0.2) is 18.5 Å². The van der Waals surface area contributed by atoms with Crippen LogP contribution in [0.2, 0.25) is 0 Å². The summed E-state index contributed by atoms with van der Waals surface area (Å²) in [6, 6.07) is 4.17. The van der Waals surface area contributed by atoms with Crippen LogP contribution in [0.3, 0.4) is 0 Å². The molecule has 2 aromatic heterocycles. The molecule has 0 bridgehead atoms. The number of aromatic amines is 1. The van der Waals surface area contributed by atoms with Crippen molar-refractivity contribution in [2.24, 2.45) is 5.92 Å². The summed E-state index contributed by atoms with van der Waals surface area (Å²) < 4.78 is 1.54. The van der Waals surface area contributed by atoms with E-state index in [1.807, 2.05) is 0 Å². The van der Waals surface area contributed by atoms with E-state index in [9.17, 15) is 4.79 Å². The molecule has 10 nitrogen and oxygen atoms in total. The third-order valence-corrected chi connectivity index (χ3v) is 5.06. The number of tetrazole rings is 1. The minimum atomic E-state index is -0.290. The third-order valence-electron chi connectivity index (χ3n) is 5.06. The highest BCUT2D eigenvalue weighted by Crippen LogP contribution is 2.20. The number of aryl methyl sites for hydroxylation is 3. The lowest BCUT2D eigenvalue weighted by atomic mass is 10.1. The SMILES string of the molecule is Cc1ccc2[nH]c(CCCNC(=O)C3CNNC3n3cnnn3)nc2c1C. The van der Waals surface area contributed by atoms with Gasteiger partial charge in [-0.15, -0.1) is 5.10 Å². The lowest BCUT2D eigenvalue weighted by Crippen LogP contribution is -2.38. The summed E-state index contributed by atoms with van der Waals surface area (Å²) in [7, 11) is 0. The molecule has 0 spiro atoms. The molecular formula is C17H23N9O. The van der Waals surface area contributed by atoms with Gasteiger partial charge in [-0.1, -0.05) is 6.07 Å². The number of nitrogens with zero attached hydrogens (tertiary/aromatic N) is 5. The van der Waals surface area contributed by atoms with Gasteiger partial charge in [0, 0.05) is 19.5 Å². The molecule has 3 heterocycles. The second kappa shape index (κ2) is 7.41. The molecule has 4 N–H and O–H groups in total. The first-order valence-corrected chi connectivity index (χ1v) is 9.07. The number of aromatic nitrogens is 6. The number of hydrogen-bond acceptors (Lipinski definition) is 7. The molecule has 2 atom stereocenters. The topological polar surface area (TPSA) is 125 Å². The Morgan fingerprint density at radius 1 is 1.37 bits per heavy atom. The predicted molar refractivity (Wildman–Crippen MR) is 98.4 cm³/mol. The van der Waals surface area contributed by atoms with Gasteiger partial charge >= 0.3 is 0 Å². The van der Waals surface area contributed by atoms with Gasteiger partial charge in [-0.3, -0.25) is 10.2 Å². The van der Waals surface area contributed by atoms with Crippen LogP contribution >= 0.6 is 0 Å². The summed E-state index contributed by atoms with van der Waals surface area (Å²) in [6.07, 6.45) is 2.80. The second-order valence-corrected chi connectivity index (χ2v) is 6.85. The molecule has 1 saturated heterocycles. The highest BCUT2D eigenvalue weighted by atomic mass is 16.2. The molecule has 0 radical (unpaired) electrons. The summed E-state index contributed by atoms with van der Waals surface area (Å²) in [4.78, 5) is 20.6. The number of rotatable bonds is 6. The van der Waals surface area contributed by atoms with E-state index in [0.29, 0.717) is 13.1 Å². The second-order valence-electron chi connectivity index (χ2n) is 6.85. The molecule has 4 rings (SSSR count). The molecule has 0 saturated carbocycles. The fraction of sp³-hybridized carbons (Fsp3) is 0.471. The maximum atomic E-state index is 12.5. The van der Waals surface area contributed by atoms with Crippen LogP contribution in [0.1, 0.15) is 29.5 Å². The Morgan fingerprint density at radius 2 is 2.26 bits per heavy atom. The Bertz CT molecular complexity index is 933. The Balaban J connectivity index is 1.30. The van der Waals surface area contributed by atoms with Crippen molar-refractivity contribution >= 4 is 16.9 Å². The monoisotopic (exact) mass is 369 g/mol. The minimum Gasteiger partial charge on any atom is -0.356 e. The Kier molecular flexibility index (Phi) is 4.82. The Morgan fingerprint density at radius 3 is 3.07 bits per heavy atom. The summed E-state index contributed by atoms with van der Waals surface area (Å²) in [5.74, 6) is 0.651. The van der Waals surface area contributed by atoms with Gasteiger partial charge in [-0.05, 0) is 47.9 Å². The summed E-state index contributed by atoms with van der Waals surface area (Å²) in [5, 5.41) is 14.1. The van der Waals surface area contributed by atoms with E-state index in [0.717, 1.165) is 29.7 Å². The van der Waals surface area contributed by atoms with E-state index in [2.05, 4.69) is 62.7 Å². The number of amides is 1. The molecule has 0 aliphatic carbocycles. The number of benzene rings is 1. The lowest BCUT2D eigenvalue weighted by molar-refractivity contribution is -0.125. The van der Waals surface area contributed by atoms with Gasteiger partial charge in [-0.25, -0.2) is 15.1 Å². The first kappa shape index (κ1) is 17.6. The van der Waals surface area contributed by atoms with Crippen LogP contribution in [0.5, 0.6) is 0 Å². The zero-order chi connectivity index (χ0) is 18.8. The average molecular weight is 369 g/mol. The largest absolute Gasteiger partial charge is 0.356 e. The van der Waals surface area contributed by atoms with Crippen molar-refractivity contribution in [1.82, 2.24) is 46.3 Å². The number of fused-ring (bicyclic) bond motifs is 1. The van der Waals surface area contributed by atoms with Crippen molar-refractivity contribution in [2.45, 2.75) is 32.9 Å². The molecule has 1 aromatic carbocycles. The summed E-state index contributed by atoms with van der Waals surface area (Å²) >= 11 is 0. The molecule has 27 heavy (non-hydrogen) atoms. The smallest absolute Gasteiger partial charge is 0.228 e. The quantitative estimate of drug-likeness (QED) is 0.455. The molecule has 1 amide bonds. The maximum Gasteiger partial charge on any atom is 0.228 e. The van der Waals surface area contributed by atoms with Gasteiger partial charge in [0.1, 0.15) is 18.3 Å². The molecule has 142 valence electrons. The number of carbonyl (C=O) groups excluding carboxylic acids is 1. The van der Waals surface area contributed by atoms with Gasteiger partial charge in [0.2, 0.25) is 5.91 Å². The zero-order valence-electron chi connectivity index (χ0n) is 15.4. The van der Waals surface area contributed by atoms with Crippen molar-refractivity contribution in [2.75, 3.05) is 13.1 Å². The molecule has 1 aliphatic rings. The molecule has 1 aliphatic heterocycles. The van der Waals surface area contributed by atoms with Crippen LogP contribution < -0.4 is 16.2 Å². The van der Waals surface area contributed by atoms with Crippen molar-refractivity contribution in [3.8, 4) is 0 Å². The van der Waals surface area contributed by atoms with Crippen LogP contribution in [0.25, 0.3) is 11.0 Å². The van der Waals surface area contributed by atoms with E-state index in [4.69, 9.17) is 4.98 Å². The number of imidazole rings is 1. The van der Waals surface area contributed by atoms with Crippen molar-refractivity contribution < 1.29 is 4.79 Å². The minimum absolute atomic E-state index is 0.0240. The average Bonchev–Trinajstić information content (AvgIpc) is 3.41. The predicted octanol–water partition coefficient (Wildman–Crippen LogP) is 0.138. The van der Waals surface area contributed by atoms with E-state index in [1.165, 1.54) is 17.5 Å². The molecule has 10 heteroatoms. The Hall–Kier alpha value is -2.85. The normalized spacial score (nSPS) is 19.6. The van der Waals surface area contributed by atoms with Gasteiger partial charge < -0.3 is 10.3 Å². The van der Waals surface area contributed by atoms with Gasteiger partial charge in [0.15, 0.2) is 0 Å². The van der Waals surface area contributed by atoms with Crippen LogP contribution in [0.4, 0.5) is 0 Å². The number of hydrogen-bond donors (Lipinski definition) is 4. The number of carbonyl (C=O) groups is 1. The van der Waals surface area contributed by atoms with Gasteiger partial charge in [0.05, 0.1) is 17.0 Å². The first-order valence-electron chi connectivity index (χ1n) is 9.07. The van der Waals surface area contributed by atoms with E-state index < -0.39 is 0 Å². The number of nitrogens with one attached hydrogen (secondary N) is 4. The molecular weight excluding hydrogens is 346 g/mol. The summed E-state index contributed by atoms with van der Waals surface area (Å²) in [5.41, 5.74) is 10.6. The van der Waals surface area contributed by atoms with Crippen molar-refractivity contribution in [3.63, 3.8) is 0 Å². The highest BCUT2D eigenvalue weighted by Gasteiger charge is 2.34. The lowest BCUT2D eigenvalue weighted by Gasteiger charge is -2.17. The van der Waals surface area contributed by atoms with E-state index in [1.54, 1.807) is 4.68 Å². The fourth-order valence-corrected chi connectivity index (χ4v) is 3.35. The van der Waals surface area contributed by atoms with Crippen LogP contribution in [-0.4, -0.2) is 49.2 Å². The van der Waals surface area contributed by atoms with Gasteiger partial charge in [-0.2, -0.15) is 0 Å². The Labute approximate surface area is 156 Å². The number of hydrazine groups is 1. The molecule has 1 fully saturated rings. The maximum absolute atomic E-state index is 12.5. The summed E-state index contributed by atoms with van der Waals surface area (Å²) in [6.45, 7) is 5.30. The third kappa shape index (κ3) is 3.53. The van der Waals surface area contributed by atoms with Gasteiger partial charge in [0.25, 0.3) is 0 Å². The van der Waals surface area contributed by atoms with E-state index >= 15 is 0 Å². The van der Waals surface area contributed by atoms with Crippen LogP contribution in [0, 0.1) is 19.8 Å². The first-order chi connectivity index (χ1) is 13.1.